The highest BCUT2D eigenvalue weighted by atomic mass is 16.6. The second kappa shape index (κ2) is 4.30. The first-order chi connectivity index (χ1) is 5.74. The molecule has 4 heteroatoms. The molecule has 0 spiro atoms. The molecule has 0 bridgehead atoms. The van der Waals surface area contributed by atoms with E-state index < -0.39 is 6.09 Å². The third kappa shape index (κ3) is 3.09. The van der Waals surface area contributed by atoms with Gasteiger partial charge in [0.15, 0.2) is 0 Å². The number of hydrogen-bond donors (Lipinski definition) is 2. The van der Waals surface area contributed by atoms with Gasteiger partial charge in [-0.15, -0.1) is 0 Å². The number of nitrogens with one attached hydrogen (secondary N) is 1. The number of carbonyl (C=O) groups excluding carboxylic acids is 1. The van der Waals surface area contributed by atoms with Crippen LogP contribution in [-0.2, 0) is 4.74 Å². The summed E-state index contributed by atoms with van der Waals surface area (Å²) in [5, 5.41) is 11.1. The molecule has 0 aromatic heterocycles. The van der Waals surface area contributed by atoms with E-state index in [0.717, 1.165) is 0 Å². The number of amides is 1. The topological polar surface area (TPSA) is 58.6 Å². The lowest BCUT2D eigenvalue weighted by Crippen LogP contribution is -2.34. The van der Waals surface area contributed by atoms with Gasteiger partial charge in [0.1, 0.15) is 6.61 Å². The van der Waals surface area contributed by atoms with Crippen LogP contribution in [-0.4, -0.2) is 30.5 Å². The Morgan fingerprint density at radius 2 is 2.42 bits per heavy atom. The molecule has 0 aromatic rings. The average Bonchev–Trinajstić information content (AvgIpc) is 2.82. The van der Waals surface area contributed by atoms with Crippen molar-refractivity contribution in [1.82, 2.24) is 5.32 Å². The molecule has 1 amide bonds. The second-order valence-electron chi connectivity index (χ2n) is 3.13. The maximum Gasteiger partial charge on any atom is 0.407 e. The lowest BCUT2D eigenvalue weighted by Gasteiger charge is -2.11. The molecule has 0 aliphatic heterocycles. The first-order valence-electron chi connectivity index (χ1n) is 4.28. The molecule has 12 heavy (non-hydrogen) atoms. The Bertz CT molecular complexity index is 156. The number of carbonyl (C=O) groups is 1. The largest absolute Gasteiger partial charge is 0.447 e. The lowest BCUT2D eigenvalue weighted by molar-refractivity contribution is 0.116. The molecule has 4 nitrogen and oxygen atoms in total. The van der Waals surface area contributed by atoms with Crippen LogP contribution in [0, 0.1) is 5.92 Å². The van der Waals surface area contributed by atoms with E-state index in [9.17, 15) is 4.79 Å². The summed E-state index contributed by atoms with van der Waals surface area (Å²) in [6.45, 7) is 1.92. The Labute approximate surface area is 71.9 Å². The predicted octanol–water partition coefficient (Wildman–Crippen LogP) is 0.503. The van der Waals surface area contributed by atoms with Crippen LogP contribution in [0.2, 0.25) is 0 Å². The van der Waals surface area contributed by atoms with Crippen molar-refractivity contribution in [3.8, 4) is 0 Å². The highest BCUT2D eigenvalue weighted by Crippen LogP contribution is 2.32. The summed E-state index contributed by atoms with van der Waals surface area (Å²) in [5.41, 5.74) is 0. The van der Waals surface area contributed by atoms with Crippen LogP contribution in [0.15, 0.2) is 0 Å². The molecule has 2 N–H and O–H groups in total. The molecule has 0 radical (unpaired) electrons. The van der Waals surface area contributed by atoms with Gasteiger partial charge in [-0.25, -0.2) is 4.79 Å². The van der Waals surface area contributed by atoms with E-state index in [-0.39, 0.29) is 19.3 Å². The van der Waals surface area contributed by atoms with Gasteiger partial charge in [0, 0.05) is 6.04 Å². The van der Waals surface area contributed by atoms with Crippen molar-refractivity contribution in [3.05, 3.63) is 0 Å². The van der Waals surface area contributed by atoms with Crippen molar-refractivity contribution in [3.63, 3.8) is 0 Å². The predicted molar refractivity (Wildman–Crippen MR) is 43.8 cm³/mol. The highest BCUT2D eigenvalue weighted by molar-refractivity contribution is 5.67. The van der Waals surface area contributed by atoms with E-state index >= 15 is 0 Å². The van der Waals surface area contributed by atoms with E-state index in [4.69, 9.17) is 5.11 Å². The molecule has 1 aliphatic rings. The van der Waals surface area contributed by atoms with Crippen molar-refractivity contribution in [2.24, 2.45) is 5.92 Å². The van der Waals surface area contributed by atoms with Crippen molar-refractivity contribution >= 4 is 6.09 Å². The monoisotopic (exact) mass is 173 g/mol. The first-order valence-corrected chi connectivity index (χ1v) is 4.28. The first kappa shape index (κ1) is 9.32. The zero-order valence-corrected chi connectivity index (χ0v) is 7.25. The third-order valence-electron chi connectivity index (χ3n) is 2.00. The van der Waals surface area contributed by atoms with Gasteiger partial charge in [-0.05, 0) is 25.7 Å². The van der Waals surface area contributed by atoms with Gasteiger partial charge in [0.2, 0.25) is 0 Å². The number of ether oxygens (including phenoxy) is 1. The Kier molecular flexibility index (Phi) is 3.34. The quantitative estimate of drug-likeness (QED) is 0.651. The van der Waals surface area contributed by atoms with Gasteiger partial charge in [0.05, 0.1) is 6.61 Å². The summed E-state index contributed by atoms with van der Waals surface area (Å²) >= 11 is 0. The summed E-state index contributed by atoms with van der Waals surface area (Å²) in [6.07, 6.45) is 1.96. The molecule has 1 unspecified atom stereocenters. The zero-order chi connectivity index (χ0) is 8.97. The number of aliphatic hydroxyl groups excluding tert-OH is 1. The van der Waals surface area contributed by atoms with Crippen LogP contribution in [0.25, 0.3) is 0 Å². The fraction of sp³-hybridized carbons (Fsp3) is 0.875. The van der Waals surface area contributed by atoms with Crippen LogP contribution in [0.1, 0.15) is 19.8 Å². The molecule has 1 atom stereocenters. The van der Waals surface area contributed by atoms with E-state index in [2.05, 4.69) is 10.1 Å². The fourth-order valence-corrected chi connectivity index (χ4v) is 1.08. The maximum absolute atomic E-state index is 10.9. The SMILES string of the molecule is CC(NC(=O)OCCO)C1CC1. The van der Waals surface area contributed by atoms with Crippen LogP contribution < -0.4 is 5.32 Å². The minimum Gasteiger partial charge on any atom is -0.447 e. The second-order valence-corrected chi connectivity index (χ2v) is 3.13. The Morgan fingerprint density at radius 1 is 1.75 bits per heavy atom. The van der Waals surface area contributed by atoms with Crippen LogP contribution in [0.4, 0.5) is 4.79 Å². The van der Waals surface area contributed by atoms with Gasteiger partial charge in [0.25, 0.3) is 0 Å². The highest BCUT2D eigenvalue weighted by Gasteiger charge is 2.29. The number of rotatable bonds is 4. The Morgan fingerprint density at radius 3 is 2.92 bits per heavy atom. The Hall–Kier alpha value is -0.770. The van der Waals surface area contributed by atoms with Crippen LogP contribution in [0.5, 0.6) is 0 Å². The molecule has 1 rings (SSSR count). The third-order valence-corrected chi connectivity index (χ3v) is 2.00. The molecule has 1 saturated carbocycles. The summed E-state index contributed by atoms with van der Waals surface area (Å²) in [6, 6.07) is 0.205. The standard InChI is InChI=1S/C8H15NO3/c1-6(7-2-3-7)9-8(11)12-5-4-10/h6-7,10H,2-5H2,1H3,(H,9,11). The number of aliphatic hydroxyl groups is 1. The van der Waals surface area contributed by atoms with Crippen LogP contribution >= 0.6 is 0 Å². The van der Waals surface area contributed by atoms with E-state index in [0.29, 0.717) is 5.92 Å². The average molecular weight is 173 g/mol. The number of alkyl carbamates (subject to hydrolysis) is 1. The van der Waals surface area contributed by atoms with Gasteiger partial charge in [-0.3, -0.25) is 0 Å². The smallest absolute Gasteiger partial charge is 0.407 e. The zero-order valence-electron chi connectivity index (χ0n) is 7.25. The molecular formula is C8H15NO3. The summed E-state index contributed by atoms with van der Waals surface area (Å²) in [5.74, 6) is 0.631. The van der Waals surface area contributed by atoms with E-state index in [1.165, 1.54) is 12.8 Å². The van der Waals surface area contributed by atoms with Crippen molar-refractivity contribution in [2.45, 2.75) is 25.8 Å². The van der Waals surface area contributed by atoms with Crippen LogP contribution in [0.3, 0.4) is 0 Å². The van der Waals surface area contributed by atoms with Crippen molar-refractivity contribution < 1.29 is 14.6 Å². The fourth-order valence-electron chi connectivity index (χ4n) is 1.08. The minimum absolute atomic E-state index is 0.0726. The normalized spacial score (nSPS) is 18.5. The Balaban J connectivity index is 2.07. The molecule has 1 aliphatic carbocycles. The molecule has 70 valence electrons. The maximum atomic E-state index is 10.9. The van der Waals surface area contributed by atoms with E-state index in [1.807, 2.05) is 6.92 Å². The van der Waals surface area contributed by atoms with Gasteiger partial charge in [-0.2, -0.15) is 0 Å². The lowest BCUT2D eigenvalue weighted by atomic mass is 10.2. The molecule has 0 heterocycles. The summed E-state index contributed by atoms with van der Waals surface area (Å²) in [4.78, 5) is 10.9. The van der Waals surface area contributed by atoms with Gasteiger partial charge >= 0.3 is 6.09 Å². The molecule has 1 fully saturated rings. The van der Waals surface area contributed by atoms with Crippen molar-refractivity contribution in [2.75, 3.05) is 13.2 Å². The summed E-state index contributed by atoms with van der Waals surface area (Å²) in [7, 11) is 0. The minimum atomic E-state index is -0.427. The van der Waals surface area contributed by atoms with E-state index in [1.54, 1.807) is 0 Å². The molecular weight excluding hydrogens is 158 g/mol. The van der Waals surface area contributed by atoms with Crippen molar-refractivity contribution in [1.29, 1.82) is 0 Å². The van der Waals surface area contributed by atoms with Gasteiger partial charge < -0.3 is 15.2 Å². The molecule has 0 saturated heterocycles. The molecule has 0 aromatic carbocycles. The summed E-state index contributed by atoms with van der Waals surface area (Å²) < 4.78 is 4.64. The van der Waals surface area contributed by atoms with Gasteiger partial charge in [-0.1, -0.05) is 0 Å². The number of hydrogen-bond acceptors (Lipinski definition) is 3.